The van der Waals surface area contributed by atoms with E-state index >= 15 is 0 Å². The van der Waals surface area contributed by atoms with Crippen molar-refractivity contribution in [3.05, 3.63) is 21.9 Å². The fraction of sp³-hybridized carbons (Fsp3) is 0.500. The molecule has 0 aliphatic carbocycles. The highest BCUT2D eigenvalue weighted by molar-refractivity contribution is 7.10. The monoisotopic (exact) mass is 191 g/mol. The van der Waals surface area contributed by atoms with E-state index in [0.29, 0.717) is 0 Å². The Bertz CT molecular complexity index is 210. The van der Waals surface area contributed by atoms with Crippen LogP contribution in [-0.4, -0.2) is 0 Å². The molecule has 1 aromatic rings. The lowest BCUT2D eigenvalue weighted by Crippen LogP contribution is -2.06. The van der Waals surface area contributed by atoms with Crippen LogP contribution in [0.25, 0.3) is 0 Å². The van der Waals surface area contributed by atoms with Gasteiger partial charge in [0.1, 0.15) is 0 Å². The minimum Gasteiger partial charge on any atom is -0.324 e. The molecule has 0 bridgehead atoms. The van der Waals surface area contributed by atoms with Gasteiger partial charge in [-0.15, -0.1) is 23.7 Å². The average Bonchev–Trinajstić information content (AvgIpc) is 2.34. The van der Waals surface area contributed by atoms with Crippen molar-refractivity contribution in [2.75, 3.05) is 0 Å². The van der Waals surface area contributed by atoms with Crippen LogP contribution in [0.5, 0.6) is 0 Å². The van der Waals surface area contributed by atoms with Crippen molar-refractivity contribution in [3.8, 4) is 0 Å². The second kappa shape index (κ2) is 4.75. The van der Waals surface area contributed by atoms with Gasteiger partial charge in [0.25, 0.3) is 0 Å². The van der Waals surface area contributed by atoms with Crippen LogP contribution in [0.2, 0.25) is 0 Å². The fourth-order valence-electron chi connectivity index (χ4n) is 0.894. The molecule has 0 aliphatic rings. The van der Waals surface area contributed by atoms with E-state index in [2.05, 4.69) is 25.3 Å². The highest BCUT2D eigenvalue weighted by atomic mass is 35.5. The van der Waals surface area contributed by atoms with Crippen LogP contribution >= 0.6 is 23.7 Å². The van der Waals surface area contributed by atoms with Gasteiger partial charge in [0.05, 0.1) is 0 Å². The van der Waals surface area contributed by atoms with Gasteiger partial charge in [-0.05, 0) is 30.4 Å². The van der Waals surface area contributed by atoms with Crippen LogP contribution in [0, 0.1) is 6.92 Å². The first kappa shape index (κ1) is 11.0. The third-order valence-electron chi connectivity index (χ3n) is 1.62. The van der Waals surface area contributed by atoms with Crippen LogP contribution in [0.1, 0.15) is 29.8 Å². The molecule has 0 aliphatic heterocycles. The first-order chi connectivity index (χ1) is 4.74. The van der Waals surface area contributed by atoms with Crippen molar-refractivity contribution in [2.24, 2.45) is 5.73 Å². The van der Waals surface area contributed by atoms with Crippen LogP contribution < -0.4 is 5.73 Å². The average molecular weight is 192 g/mol. The summed E-state index contributed by atoms with van der Waals surface area (Å²) in [7, 11) is 0. The number of hydrogen-bond acceptors (Lipinski definition) is 2. The molecule has 1 aromatic heterocycles. The minimum atomic E-state index is 0. The summed E-state index contributed by atoms with van der Waals surface area (Å²) in [5.74, 6) is 0. The summed E-state index contributed by atoms with van der Waals surface area (Å²) in [6.07, 6.45) is 1.02. The first-order valence-electron chi connectivity index (χ1n) is 3.54. The molecule has 1 nitrogen and oxygen atoms in total. The third-order valence-corrected chi connectivity index (χ3v) is 2.50. The summed E-state index contributed by atoms with van der Waals surface area (Å²) in [6, 6.07) is 2.41. The van der Waals surface area contributed by atoms with Crippen molar-refractivity contribution >= 4 is 23.7 Å². The molecule has 1 heterocycles. The minimum absolute atomic E-state index is 0. The molecule has 0 saturated heterocycles. The zero-order valence-electron chi connectivity index (χ0n) is 6.83. The lowest BCUT2D eigenvalue weighted by Gasteiger charge is -2.03. The quantitative estimate of drug-likeness (QED) is 0.765. The van der Waals surface area contributed by atoms with Crippen molar-refractivity contribution in [2.45, 2.75) is 26.3 Å². The molecule has 2 N–H and O–H groups in total. The van der Waals surface area contributed by atoms with Crippen LogP contribution in [0.15, 0.2) is 11.4 Å². The Morgan fingerprint density at radius 3 is 2.64 bits per heavy atom. The van der Waals surface area contributed by atoms with Gasteiger partial charge in [-0.3, -0.25) is 0 Å². The molecular weight excluding hydrogens is 178 g/mol. The summed E-state index contributed by atoms with van der Waals surface area (Å²) in [5, 5.41) is 2.14. The van der Waals surface area contributed by atoms with Gasteiger partial charge in [-0.1, -0.05) is 6.92 Å². The maximum absolute atomic E-state index is 5.81. The van der Waals surface area contributed by atoms with Gasteiger partial charge >= 0.3 is 0 Å². The summed E-state index contributed by atoms with van der Waals surface area (Å²) in [4.78, 5) is 1.35. The highest BCUT2D eigenvalue weighted by Gasteiger charge is 2.03. The van der Waals surface area contributed by atoms with Crippen molar-refractivity contribution < 1.29 is 0 Å². The summed E-state index contributed by atoms with van der Waals surface area (Å²) in [5.41, 5.74) is 7.10. The molecule has 0 spiro atoms. The maximum atomic E-state index is 5.81. The predicted molar refractivity (Wildman–Crippen MR) is 53.5 cm³/mol. The Hall–Kier alpha value is -0.0500. The fourth-order valence-corrected chi connectivity index (χ4v) is 1.66. The maximum Gasteiger partial charge on any atom is 0.0300 e. The largest absolute Gasteiger partial charge is 0.324 e. The van der Waals surface area contributed by atoms with E-state index < -0.39 is 0 Å². The van der Waals surface area contributed by atoms with Crippen molar-refractivity contribution in [1.82, 2.24) is 0 Å². The Balaban J connectivity index is 0.000001000. The van der Waals surface area contributed by atoms with E-state index in [0.717, 1.165) is 6.42 Å². The van der Waals surface area contributed by atoms with E-state index in [-0.39, 0.29) is 18.4 Å². The molecule has 64 valence electrons. The molecular formula is C8H14ClNS. The van der Waals surface area contributed by atoms with E-state index in [1.54, 1.807) is 11.3 Å². The van der Waals surface area contributed by atoms with Gasteiger partial charge in [0.2, 0.25) is 0 Å². The zero-order chi connectivity index (χ0) is 7.56. The second-order valence-electron chi connectivity index (χ2n) is 2.51. The summed E-state index contributed by atoms with van der Waals surface area (Å²) < 4.78 is 0. The van der Waals surface area contributed by atoms with E-state index in [9.17, 15) is 0 Å². The van der Waals surface area contributed by atoms with Crippen LogP contribution in [-0.2, 0) is 0 Å². The molecule has 0 fully saturated rings. The topological polar surface area (TPSA) is 26.0 Å². The Kier molecular flexibility index (Phi) is 4.73. The number of halogens is 1. The van der Waals surface area contributed by atoms with Gasteiger partial charge in [0, 0.05) is 10.9 Å². The normalized spacial score (nSPS) is 12.3. The summed E-state index contributed by atoms with van der Waals surface area (Å²) >= 11 is 1.77. The molecule has 0 saturated carbocycles. The molecule has 0 unspecified atom stereocenters. The lowest BCUT2D eigenvalue weighted by molar-refractivity contribution is 0.701. The zero-order valence-corrected chi connectivity index (χ0v) is 8.47. The molecule has 0 aromatic carbocycles. The second-order valence-corrected chi connectivity index (χ2v) is 3.62. The molecule has 0 amide bonds. The summed E-state index contributed by atoms with van der Waals surface area (Å²) in [6.45, 7) is 4.22. The smallest absolute Gasteiger partial charge is 0.0300 e. The number of aryl methyl sites for hydroxylation is 1. The van der Waals surface area contributed by atoms with E-state index in [1.165, 1.54) is 10.4 Å². The molecule has 1 rings (SSSR count). The van der Waals surface area contributed by atoms with Crippen LogP contribution in [0.3, 0.4) is 0 Å². The van der Waals surface area contributed by atoms with Gasteiger partial charge in [-0.2, -0.15) is 0 Å². The number of thiophene rings is 1. The Morgan fingerprint density at radius 2 is 2.27 bits per heavy atom. The first-order valence-corrected chi connectivity index (χ1v) is 4.42. The molecule has 11 heavy (non-hydrogen) atoms. The Morgan fingerprint density at radius 1 is 1.64 bits per heavy atom. The van der Waals surface area contributed by atoms with E-state index in [4.69, 9.17) is 5.73 Å². The van der Waals surface area contributed by atoms with Crippen molar-refractivity contribution in [1.29, 1.82) is 0 Å². The number of nitrogens with two attached hydrogens (primary N) is 1. The predicted octanol–water partition coefficient (Wildman–Crippen LogP) is 2.89. The lowest BCUT2D eigenvalue weighted by atomic mass is 10.1. The standard InChI is InChI=1S/C8H13NS.ClH/c1-3-8(9)7-4-6(2)10-5-7;/h4-5,8H,3,9H2,1-2H3;1H/t8-;/m1./s1. The van der Waals surface area contributed by atoms with Crippen molar-refractivity contribution in [3.63, 3.8) is 0 Å². The van der Waals surface area contributed by atoms with Crippen LogP contribution in [0.4, 0.5) is 0 Å². The molecule has 0 radical (unpaired) electrons. The molecule has 3 heteroatoms. The highest BCUT2D eigenvalue weighted by Crippen LogP contribution is 2.20. The number of rotatable bonds is 2. The van der Waals surface area contributed by atoms with Gasteiger partial charge < -0.3 is 5.73 Å². The van der Waals surface area contributed by atoms with E-state index in [1.807, 2.05) is 0 Å². The number of hydrogen-bond donors (Lipinski definition) is 1. The Labute approximate surface area is 78.0 Å². The van der Waals surface area contributed by atoms with Gasteiger partial charge in [-0.25, -0.2) is 0 Å². The SMILES string of the molecule is CC[C@@H](N)c1csc(C)c1.Cl. The molecule has 1 atom stereocenters. The van der Waals surface area contributed by atoms with Gasteiger partial charge in [0.15, 0.2) is 0 Å². The third kappa shape index (κ3) is 2.81.